The molecular weight excluding hydrogens is 452 g/mol. The molecule has 5 nitrogen and oxygen atoms in total. The monoisotopic (exact) mass is 479 g/mol. The van der Waals surface area contributed by atoms with Crippen LogP contribution < -0.4 is 14.4 Å². The lowest BCUT2D eigenvalue weighted by Crippen LogP contribution is -2.55. The summed E-state index contributed by atoms with van der Waals surface area (Å²) in [5.74, 6) is -1.80. The van der Waals surface area contributed by atoms with E-state index in [4.69, 9.17) is 9.47 Å². The van der Waals surface area contributed by atoms with E-state index in [1.807, 2.05) is 67.6 Å². The van der Waals surface area contributed by atoms with Crippen molar-refractivity contribution in [3.05, 3.63) is 78.4 Å². The van der Waals surface area contributed by atoms with E-state index in [0.717, 1.165) is 22.4 Å². The average Bonchev–Trinajstić information content (AvgIpc) is 3.18. The molecule has 1 aliphatic heterocycles. The number of carbonyl (C=O) groups excluding carboxylic acids is 1. The van der Waals surface area contributed by atoms with E-state index >= 15 is 0 Å². The summed E-state index contributed by atoms with van der Waals surface area (Å²) in [4.78, 5) is 14.7. The minimum Gasteiger partial charge on any atom is -0.490 e. The summed E-state index contributed by atoms with van der Waals surface area (Å²) >= 11 is 0. The van der Waals surface area contributed by atoms with Crippen LogP contribution in [0.4, 0.5) is 14.5 Å². The average molecular weight is 480 g/mol. The molecule has 7 heteroatoms. The van der Waals surface area contributed by atoms with Crippen LogP contribution in [0.2, 0.25) is 0 Å². The van der Waals surface area contributed by atoms with Gasteiger partial charge in [-0.3, -0.25) is 4.79 Å². The molecule has 2 fully saturated rings. The Kier molecular flexibility index (Phi) is 5.97. The van der Waals surface area contributed by atoms with Crippen LogP contribution >= 0.6 is 0 Å². The maximum atomic E-state index is 13.1. The van der Waals surface area contributed by atoms with Crippen molar-refractivity contribution in [2.75, 3.05) is 18.1 Å². The highest BCUT2D eigenvalue weighted by molar-refractivity contribution is 5.99. The Labute approximate surface area is 202 Å². The lowest BCUT2D eigenvalue weighted by Gasteiger charge is -2.42. The van der Waals surface area contributed by atoms with Gasteiger partial charge in [-0.2, -0.15) is 0 Å². The van der Waals surface area contributed by atoms with E-state index in [0.29, 0.717) is 24.5 Å². The molecule has 1 heterocycles. The zero-order valence-electron chi connectivity index (χ0n) is 19.4. The van der Waals surface area contributed by atoms with Crippen LogP contribution in [0.25, 0.3) is 11.1 Å². The summed E-state index contributed by atoms with van der Waals surface area (Å²) in [6, 6.07) is 23.0. The van der Waals surface area contributed by atoms with Crippen molar-refractivity contribution in [1.29, 1.82) is 0 Å². The second-order valence-electron chi connectivity index (χ2n) is 9.45. The standard InChI is InChI=1S/C28H27F2NO4/c1-19-15-22(9-12-24(19)34-18-27(33)16-28(29,30)17-27)31-14-13-25(26(31)32)35-23-10-7-21(8-11-23)20-5-3-2-4-6-20/h2-12,15,25,33H,13-14,16-18H2,1H3. The lowest BCUT2D eigenvalue weighted by atomic mass is 9.77. The minimum absolute atomic E-state index is 0.115. The van der Waals surface area contributed by atoms with Crippen LogP contribution in [-0.4, -0.2) is 41.8 Å². The first-order chi connectivity index (χ1) is 16.7. The molecule has 1 aliphatic carbocycles. The summed E-state index contributed by atoms with van der Waals surface area (Å²) in [5.41, 5.74) is 2.17. The quantitative estimate of drug-likeness (QED) is 0.494. The fraction of sp³-hybridized carbons (Fsp3) is 0.321. The Morgan fingerprint density at radius 2 is 1.69 bits per heavy atom. The number of hydrogen-bond donors (Lipinski definition) is 1. The minimum atomic E-state index is -2.82. The number of aryl methyl sites for hydroxylation is 1. The Balaban J connectivity index is 1.19. The number of rotatable bonds is 7. The Morgan fingerprint density at radius 3 is 2.34 bits per heavy atom. The molecule has 0 aromatic heterocycles. The van der Waals surface area contributed by atoms with Gasteiger partial charge in [0.15, 0.2) is 6.10 Å². The molecule has 1 saturated heterocycles. The molecule has 5 rings (SSSR count). The van der Waals surface area contributed by atoms with E-state index < -0.39 is 30.5 Å². The number of halogens is 2. The molecule has 1 atom stereocenters. The molecule has 1 N–H and O–H groups in total. The van der Waals surface area contributed by atoms with Crippen molar-refractivity contribution in [1.82, 2.24) is 0 Å². The molecule has 182 valence electrons. The Morgan fingerprint density at radius 1 is 1.00 bits per heavy atom. The van der Waals surface area contributed by atoms with Gasteiger partial charge in [0.05, 0.1) is 0 Å². The zero-order chi connectivity index (χ0) is 24.6. The molecule has 1 amide bonds. The van der Waals surface area contributed by atoms with Gasteiger partial charge in [0, 0.05) is 31.5 Å². The van der Waals surface area contributed by atoms with Gasteiger partial charge in [0.2, 0.25) is 0 Å². The fourth-order valence-corrected chi connectivity index (χ4v) is 4.73. The number of alkyl halides is 2. The molecule has 0 radical (unpaired) electrons. The summed E-state index contributed by atoms with van der Waals surface area (Å²) in [6.07, 6.45) is -1.17. The molecule has 3 aromatic carbocycles. The number of aliphatic hydroxyl groups is 1. The number of amides is 1. The number of anilines is 1. The van der Waals surface area contributed by atoms with E-state index in [1.54, 1.807) is 17.0 Å². The van der Waals surface area contributed by atoms with Gasteiger partial charge < -0.3 is 19.5 Å². The number of benzene rings is 3. The molecule has 1 unspecified atom stereocenters. The van der Waals surface area contributed by atoms with Gasteiger partial charge in [-0.15, -0.1) is 0 Å². The van der Waals surface area contributed by atoms with Crippen molar-refractivity contribution in [3.8, 4) is 22.6 Å². The third kappa shape index (κ3) is 5.00. The highest BCUT2D eigenvalue weighted by Crippen LogP contribution is 2.45. The van der Waals surface area contributed by atoms with Gasteiger partial charge in [-0.05, 0) is 53.9 Å². The van der Waals surface area contributed by atoms with Crippen molar-refractivity contribution in [2.24, 2.45) is 0 Å². The molecule has 0 bridgehead atoms. The summed E-state index contributed by atoms with van der Waals surface area (Å²) in [5, 5.41) is 10.1. The van der Waals surface area contributed by atoms with Crippen molar-refractivity contribution >= 4 is 11.6 Å². The number of ether oxygens (including phenoxy) is 2. The van der Waals surface area contributed by atoms with Crippen molar-refractivity contribution < 1.29 is 28.2 Å². The van der Waals surface area contributed by atoms with E-state index in [-0.39, 0.29) is 12.5 Å². The van der Waals surface area contributed by atoms with Gasteiger partial charge in [-0.1, -0.05) is 42.5 Å². The van der Waals surface area contributed by atoms with Gasteiger partial charge in [0.1, 0.15) is 23.7 Å². The number of carbonyl (C=O) groups is 1. The van der Waals surface area contributed by atoms with Crippen molar-refractivity contribution in [2.45, 2.75) is 43.8 Å². The highest BCUT2D eigenvalue weighted by Gasteiger charge is 2.56. The van der Waals surface area contributed by atoms with Gasteiger partial charge in [0.25, 0.3) is 11.8 Å². The zero-order valence-corrected chi connectivity index (χ0v) is 19.4. The van der Waals surface area contributed by atoms with Crippen LogP contribution in [0.3, 0.4) is 0 Å². The predicted octanol–water partition coefficient (Wildman–Crippen LogP) is 5.39. The van der Waals surface area contributed by atoms with Crippen LogP contribution in [0.1, 0.15) is 24.8 Å². The van der Waals surface area contributed by atoms with Gasteiger partial charge in [-0.25, -0.2) is 8.78 Å². The predicted molar refractivity (Wildman–Crippen MR) is 129 cm³/mol. The molecule has 3 aromatic rings. The molecule has 35 heavy (non-hydrogen) atoms. The summed E-state index contributed by atoms with van der Waals surface area (Å²) < 4.78 is 37.8. The van der Waals surface area contributed by atoms with Crippen LogP contribution in [0, 0.1) is 6.92 Å². The molecule has 2 aliphatic rings. The molecule has 1 saturated carbocycles. The summed E-state index contributed by atoms with van der Waals surface area (Å²) in [7, 11) is 0. The first-order valence-electron chi connectivity index (χ1n) is 11.7. The normalized spacial score (nSPS) is 20.4. The smallest absolute Gasteiger partial charge is 0.268 e. The molecular formula is C28H27F2NO4. The van der Waals surface area contributed by atoms with Crippen LogP contribution in [0.15, 0.2) is 72.8 Å². The van der Waals surface area contributed by atoms with Crippen LogP contribution in [0.5, 0.6) is 11.5 Å². The van der Waals surface area contributed by atoms with E-state index in [9.17, 15) is 18.7 Å². The number of hydrogen-bond acceptors (Lipinski definition) is 4. The maximum Gasteiger partial charge on any atom is 0.268 e. The second kappa shape index (κ2) is 8.96. The van der Waals surface area contributed by atoms with Crippen molar-refractivity contribution in [3.63, 3.8) is 0 Å². The van der Waals surface area contributed by atoms with Crippen LogP contribution in [-0.2, 0) is 4.79 Å². The first-order valence-corrected chi connectivity index (χ1v) is 11.7. The van der Waals surface area contributed by atoms with E-state index in [1.165, 1.54) is 0 Å². The Bertz CT molecular complexity index is 1210. The SMILES string of the molecule is Cc1cc(N2CCC(Oc3ccc(-c4ccccc4)cc3)C2=O)ccc1OCC1(O)CC(F)(F)C1. The lowest BCUT2D eigenvalue weighted by molar-refractivity contribution is -0.215. The van der Waals surface area contributed by atoms with E-state index in [2.05, 4.69) is 0 Å². The Hall–Kier alpha value is -3.45. The topological polar surface area (TPSA) is 59.0 Å². The highest BCUT2D eigenvalue weighted by atomic mass is 19.3. The fourth-order valence-electron chi connectivity index (χ4n) is 4.73. The third-order valence-electron chi connectivity index (χ3n) is 6.54. The largest absolute Gasteiger partial charge is 0.490 e. The second-order valence-corrected chi connectivity index (χ2v) is 9.45. The summed E-state index contributed by atoms with van der Waals surface area (Å²) in [6.45, 7) is 2.16. The number of nitrogens with zero attached hydrogens (tertiary/aromatic N) is 1. The van der Waals surface area contributed by atoms with Gasteiger partial charge >= 0.3 is 0 Å². The maximum absolute atomic E-state index is 13.1. The first kappa shape index (κ1) is 23.3. The molecule has 0 spiro atoms. The third-order valence-corrected chi connectivity index (χ3v) is 6.54.